The summed E-state index contributed by atoms with van der Waals surface area (Å²) in [4.78, 5) is 14.8. The molecule has 0 radical (unpaired) electrons. The van der Waals surface area contributed by atoms with Crippen LogP contribution < -0.4 is 0 Å². The monoisotopic (exact) mass is 248 g/mol. The molecule has 0 saturated carbocycles. The Morgan fingerprint density at radius 1 is 1.33 bits per heavy atom. The minimum atomic E-state index is -0.755. The molecule has 0 spiro atoms. The summed E-state index contributed by atoms with van der Waals surface area (Å²) in [5.74, 6) is 0.957. The van der Waals surface area contributed by atoms with E-state index in [-0.39, 0.29) is 6.42 Å². The van der Waals surface area contributed by atoms with Crippen LogP contribution in [0.25, 0.3) is 5.65 Å². The van der Waals surface area contributed by atoms with Crippen LogP contribution >= 0.6 is 0 Å². The predicted octanol–water partition coefficient (Wildman–Crippen LogP) is 1.54. The van der Waals surface area contributed by atoms with Gasteiger partial charge in [0.25, 0.3) is 0 Å². The van der Waals surface area contributed by atoms with Gasteiger partial charge in [0.05, 0.1) is 0 Å². The van der Waals surface area contributed by atoms with E-state index in [9.17, 15) is 4.79 Å². The molecule has 6 nitrogen and oxygen atoms in total. The summed E-state index contributed by atoms with van der Waals surface area (Å²) < 4.78 is 1.92. The molecular formula is C12H16N4O2. The molecule has 96 valence electrons. The third-order valence-electron chi connectivity index (χ3n) is 2.80. The number of nitrogens with zero attached hydrogens (tertiary/aromatic N) is 4. The summed E-state index contributed by atoms with van der Waals surface area (Å²) in [7, 11) is 0. The molecule has 0 aliphatic heterocycles. The lowest BCUT2D eigenvalue weighted by molar-refractivity contribution is -0.137. The van der Waals surface area contributed by atoms with Crippen LogP contribution in [-0.4, -0.2) is 30.7 Å². The Hall–Kier alpha value is -1.98. The first kappa shape index (κ1) is 12.5. The minimum Gasteiger partial charge on any atom is -0.481 e. The van der Waals surface area contributed by atoms with Gasteiger partial charge in [-0.3, -0.25) is 9.20 Å². The zero-order valence-corrected chi connectivity index (χ0v) is 10.6. The molecule has 0 fully saturated rings. The minimum absolute atomic E-state index is 0.201. The van der Waals surface area contributed by atoms with Crippen molar-refractivity contribution in [3.8, 4) is 0 Å². The lowest BCUT2D eigenvalue weighted by atomic mass is 10.2. The highest BCUT2D eigenvalue weighted by Gasteiger charge is 2.09. The Morgan fingerprint density at radius 2 is 2.11 bits per heavy atom. The van der Waals surface area contributed by atoms with Gasteiger partial charge in [-0.2, -0.15) is 0 Å². The van der Waals surface area contributed by atoms with E-state index in [1.54, 1.807) is 0 Å². The van der Waals surface area contributed by atoms with Gasteiger partial charge in [-0.15, -0.1) is 10.2 Å². The Morgan fingerprint density at radius 3 is 2.83 bits per heavy atom. The molecule has 0 saturated heterocycles. The number of carboxylic acid groups (broad SMARTS) is 1. The summed E-state index contributed by atoms with van der Waals surface area (Å²) in [5.41, 5.74) is 1.72. The van der Waals surface area contributed by atoms with E-state index in [0.29, 0.717) is 6.42 Å². The van der Waals surface area contributed by atoms with Crippen LogP contribution in [0.5, 0.6) is 0 Å². The maximum absolute atomic E-state index is 10.4. The summed E-state index contributed by atoms with van der Waals surface area (Å²) in [6.07, 6.45) is 2.37. The average Bonchev–Trinajstić information content (AvgIpc) is 2.67. The second-order valence-electron chi connectivity index (χ2n) is 4.36. The maximum atomic E-state index is 10.4. The zero-order valence-electron chi connectivity index (χ0n) is 10.6. The molecule has 2 aromatic heterocycles. The second-order valence-corrected chi connectivity index (χ2v) is 4.36. The van der Waals surface area contributed by atoms with Crippen molar-refractivity contribution in [1.29, 1.82) is 0 Å². The predicted molar refractivity (Wildman–Crippen MR) is 65.4 cm³/mol. The standard InChI is InChI=1S/C12H16N4O2/c1-8-7-11-15-14-10(16(11)9(2)13-8)5-3-4-6-12(17)18/h7H,3-6H2,1-2H3,(H,17,18). The Labute approximate surface area is 105 Å². The molecule has 0 amide bonds. The molecule has 0 aromatic carbocycles. The second kappa shape index (κ2) is 5.12. The van der Waals surface area contributed by atoms with Crippen molar-refractivity contribution >= 4 is 11.6 Å². The van der Waals surface area contributed by atoms with E-state index < -0.39 is 5.97 Å². The average molecular weight is 248 g/mol. The number of aromatic nitrogens is 4. The highest BCUT2D eigenvalue weighted by Crippen LogP contribution is 2.11. The third kappa shape index (κ3) is 2.64. The summed E-state index contributed by atoms with van der Waals surface area (Å²) >= 11 is 0. The van der Waals surface area contributed by atoms with Crippen molar-refractivity contribution in [3.05, 3.63) is 23.4 Å². The molecule has 2 aromatic rings. The third-order valence-corrected chi connectivity index (χ3v) is 2.80. The lowest BCUT2D eigenvalue weighted by Crippen LogP contribution is -2.03. The van der Waals surface area contributed by atoms with Crippen molar-refractivity contribution in [3.63, 3.8) is 0 Å². The van der Waals surface area contributed by atoms with Crippen LogP contribution in [0.4, 0.5) is 0 Å². The summed E-state index contributed by atoms with van der Waals surface area (Å²) in [6, 6.07) is 1.89. The van der Waals surface area contributed by atoms with E-state index in [1.807, 2.05) is 24.3 Å². The molecule has 2 rings (SSSR count). The fourth-order valence-corrected chi connectivity index (χ4v) is 2.02. The number of hydrogen-bond acceptors (Lipinski definition) is 4. The number of unbranched alkanes of at least 4 members (excludes halogenated alkanes) is 1. The van der Waals surface area contributed by atoms with Crippen LogP contribution in [0, 0.1) is 13.8 Å². The molecule has 0 bridgehead atoms. The van der Waals surface area contributed by atoms with Gasteiger partial charge >= 0.3 is 5.97 Å². The van der Waals surface area contributed by atoms with Gasteiger partial charge in [0, 0.05) is 24.6 Å². The van der Waals surface area contributed by atoms with Crippen molar-refractivity contribution in [1.82, 2.24) is 19.6 Å². The Bertz CT molecular complexity index is 577. The molecule has 1 N–H and O–H groups in total. The molecule has 6 heteroatoms. The van der Waals surface area contributed by atoms with Crippen molar-refractivity contribution < 1.29 is 9.90 Å². The SMILES string of the molecule is Cc1cc2nnc(CCCCC(=O)O)n2c(C)n1. The van der Waals surface area contributed by atoms with Crippen LogP contribution in [0.1, 0.15) is 36.6 Å². The highest BCUT2D eigenvalue weighted by molar-refractivity contribution is 5.66. The smallest absolute Gasteiger partial charge is 0.303 e. The van der Waals surface area contributed by atoms with Crippen LogP contribution in [0.2, 0.25) is 0 Å². The first-order chi connectivity index (χ1) is 8.58. The molecule has 0 atom stereocenters. The van der Waals surface area contributed by atoms with Crippen LogP contribution in [0.3, 0.4) is 0 Å². The number of carboxylic acids is 1. The van der Waals surface area contributed by atoms with Gasteiger partial charge in [-0.25, -0.2) is 4.98 Å². The largest absolute Gasteiger partial charge is 0.481 e. The number of aryl methyl sites for hydroxylation is 3. The molecule has 0 aliphatic carbocycles. The van der Waals surface area contributed by atoms with Gasteiger partial charge in [-0.1, -0.05) is 0 Å². The van der Waals surface area contributed by atoms with Crippen molar-refractivity contribution in [2.75, 3.05) is 0 Å². The first-order valence-electron chi connectivity index (χ1n) is 5.98. The topological polar surface area (TPSA) is 80.4 Å². The fraction of sp³-hybridized carbons (Fsp3) is 0.500. The number of fused-ring (bicyclic) bond motifs is 1. The number of aliphatic carboxylic acids is 1. The summed E-state index contributed by atoms with van der Waals surface area (Å²) in [5, 5.41) is 16.8. The molecule has 0 unspecified atom stereocenters. The van der Waals surface area contributed by atoms with Crippen molar-refractivity contribution in [2.45, 2.75) is 39.5 Å². The van der Waals surface area contributed by atoms with Gasteiger partial charge in [0.15, 0.2) is 5.65 Å². The van der Waals surface area contributed by atoms with Crippen molar-refractivity contribution in [2.24, 2.45) is 0 Å². The van der Waals surface area contributed by atoms with Gasteiger partial charge in [-0.05, 0) is 26.7 Å². The zero-order chi connectivity index (χ0) is 13.1. The Kier molecular flexibility index (Phi) is 3.55. The van der Waals surface area contributed by atoms with E-state index in [0.717, 1.165) is 35.8 Å². The number of carbonyl (C=O) groups is 1. The van der Waals surface area contributed by atoms with E-state index in [2.05, 4.69) is 15.2 Å². The molecule has 18 heavy (non-hydrogen) atoms. The van der Waals surface area contributed by atoms with Gasteiger partial charge in [0.2, 0.25) is 0 Å². The van der Waals surface area contributed by atoms with E-state index in [1.165, 1.54) is 0 Å². The van der Waals surface area contributed by atoms with E-state index >= 15 is 0 Å². The maximum Gasteiger partial charge on any atom is 0.303 e. The van der Waals surface area contributed by atoms with E-state index in [4.69, 9.17) is 5.11 Å². The highest BCUT2D eigenvalue weighted by atomic mass is 16.4. The van der Waals surface area contributed by atoms with Gasteiger partial charge < -0.3 is 5.11 Å². The number of rotatable bonds is 5. The number of hydrogen-bond donors (Lipinski definition) is 1. The Balaban J connectivity index is 2.12. The summed E-state index contributed by atoms with van der Waals surface area (Å²) in [6.45, 7) is 3.85. The quantitative estimate of drug-likeness (QED) is 0.812. The van der Waals surface area contributed by atoms with Gasteiger partial charge in [0.1, 0.15) is 11.6 Å². The normalized spacial score (nSPS) is 11.0. The molecule has 2 heterocycles. The molecular weight excluding hydrogens is 232 g/mol. The molecule has 0 aliphatic rings. The lowest BCUT2D eigenvalue weighted by Gasteiger charge is -2.03. The van der Waals surface area contributed by atoms with Crippen LogP contribution in [-0.2, 0) is 11.2 Å². The first-order valence-corrected chi connectivity index (χ1v) is 5.98. The van der Waals surface area contributed by atoms with Crippen LogP contribution in [0.15, 0.2) is 6.07 Å². The fourth-order valence-electron chi connectivity index (χ4n) is 2.02.